The van der Waals surface area contributed by atoms with Gasteiger partial charge in [0, 0.05) is 5.69 Å². The number of ether oxygens (including phenoxy) is 1. The third-order valence-corrected chi connectivity index (χ3v) is 4.04. The first-order valence-electron chi connectivity index (χ1n) is 7.28. The minimum absolute atomic E-state index is 0.251. The number of quaternary nitrogens is 1. The minimum atomic E-state index is -0.723. The molecule has 120 valence electrons. The number of hydrogen-bond donors (Lipinski definition) is 3. The van der Waals surface area contributed by atoms with Gasteiger partial charge in [0.15, 0.2) is 6.04 Å². The molecule has 1 atom stereocenters. The lowest BCUT2D eigenvalue weighted by atomic mass is 10.2. The third-order valence-electron chi connectivity index (χ3n) is 4.04. The average molecular weight is 308 g/mol. The van der Waals surface area contributed by atoms with E-state index in [1.807, 2.05) is 19.1 Å². The Balaban J connectivity index is 1.87. The van der Waals surface area contributed by atoms with E-state index in [1.165, 1.54) is 7.11 Å². The smallest absolute Gasteiger partial charge is 0.413 e. The van der Waals surface area contributed by atoms with Gasteiger partial charge in [0.05, 0.1) is 33.3 Å². The van der Waals surface area contributed by atoms with E-state index in [4.69, 9.17) is 0 Å². The highest BCUT2D eigenvalue weighted by molar-refractivity contribution is 5.93. The molecule has 0 bridgehead atoms. The van der Waals surface area contributed by atoms with Gasteiger partial charge >= 0.3 is 6.09 Å². The van der Waals surface area contributed by atoms with E-state index in [1.54, 1.807) is 12.1 Å². The van der Waals surface area contributed by atoms with Crippen molar-refractivity contribution in [2.24, 2.45) is 0 Å². The van der Waals surface area contributed by atoms with Crippen LogP contribution in [0, 0.1) is 0 Å². The average Bonchev–Trinajstić information content (AvgIpc) is 2.55. The molecule has 0 saturated carbocycles. The summed E-state index contributed by atoms with van der Waals surface area (Å²) in [4.78, 5) is 26.4. The molecule has 0 radical (unpaired) electrons. The molecule has 1 fully saturated rings. The number of anilines is 1. The first-order valence-corrected chi connectivity index (χ1v) is 7.28. The number of carbonyl (C=O) groups excluding carboxylic acids is 2. The van der Waals surface area contributed by atoms with E-state index < -0.39 is 6.09 Å². The molecule has 7 heteroatoms. The van der Waals surface area contributed by atoms with Crippen molar-refractivity contribution in [1.82, 2.24) is 5.32 Å². The van der Waals surface area contributed by atoms with Crippen molar-refractivity contribution in [3.8, 4) is 5.75 Å². The maximum atomic E-state index is 11.9. The molecule has 0 spiro atoms. The quantitative estimate of drug-likeness (QED) is 0.692. The van der Waals surface area contributed by atoms with Gasteiger partial charge in [0.25, 0.3) is 5.91 Å². The number of nitrogens with zero attached hydrogens (tertiary/aromatic N) is 1. The van der Waals surface area contributed by atoms with E-state index in [-0.39, 0.29) is 17.7 Å². The van der Waals surface area contributed by atoms with Crippen LogP contribution in [0.3, 0.4) is 0 Å². The standard InChI is InChI=1S/C15H21N3O4/c1-11(14(20)16-15(21)22-2)17-7-9-18(10-8-17)12-3-5-13(19)6-4-12/h3-6,11,19H,7-10H2,1-2H3,(H,16,20,21)/p+1/t11-/m0/s1. The number of phenols is 1. The van der Waals surface area contributed by atoms with Gasteiger partial charge in [-0.2, -0.15) is 0 Å². The Hall–Kier alpha value is -2.28. The number of nitrogens with one attached hydrogen (secondary N) is 2. The molecule has 1 aliphatic rings. The zero-order valence-electron chi connectivity index (χ0n) is 12.8. The molecule has 7 nitrogen and oxygen atoms in total. The molecule has 3 N–H and O–H groups in total. The topological polar surface area (TPSA) is 83.3 Å². The van der Waals surface area contributed by atoms with E-state index in [0.717, 1.165) is 36.8 Å². The molecule has 2 amide bonds. The van der Waals surface area contributed by atoms with Gasteiger partial charge in [-0.1, -0.05) is 0 Å². The lowest BCUT2D eigenvalue weighted by Crippen LogP contribution is -3.19. The number of hydrogen-bond acceptors (Lipinski definition) is 5. The van der Waals surface area contributed by atoms with Crippen LogP contribution in [0.25, 0.3) is 0 Å². The largest absolute Gasteiger partial charge is 0.508 e. The summed E-state index contributed by atoms with van der Waals surface area (Å²) in [6, 6.07) is 6.80. The number of aromatic hydroxyl groups is 1. The number of carbonyl (C=O) groups is 2. The van der Waals surface area contributed by atoms with Crippen LogP contribution in [-0.2, 0) is 9.53 Å². The first kappa shape index (κ1) is 16.1. The molecule has 1 aromatic carbocycles. The van der Waals surface area contributed by atoms with E-state index >= 15 is 0 Å². The van der Waals surface area contributed by atoms with Crippen molar-refractivity contribution in [3.05, 3.63) is 24.3 Å². The SMILES string of the molecule is COC(=O)NC(=O)[C@H](C)[NH+]1CCN(c2ccc(O)cc2)CC1. The van der Waals surface area contributed by atoms with Crippen molar-refractivity contribution >= 4 is 17.7 Å². The van der Waals surface area contributed by atoms with Gasteiger partial charge in [0.2, 0.25) is 0 Å². The first-order chi connectivity index (χ1) is 10.5. The predicted molar refractivity (Wildman–Crippen MR) is 81.0 cm³/mol. The van der Waals surface area contributed by atoms with E-state index in [2.05, 4.69) is 15.0 Å². The highest BCUT2D eigenvalue weighted by atomic mass is 16.5. The summed E-state index contributed by atoms with van der Waals surface area (Å²) in [5, 5.41) is 11.5. The van der Waals surface area contributed by atoms with Crippen LogP contribution >= 0.6 is 0 Å². The summed E-state index contributed by atoms with van der Waals surface area (Å²) in [6.07, 6.45) is -0.723. The lowest BCUT2D eigenvalue weighted by molar-refractivity contribution is -0.914. The molecule has 22 heavy (non-hydrogen) atoms. The summed E-state index contributed by atoms with van der Waals surface area (Å²) in [7, 11) is 1.23. The zero-order valence-corrected chi connectivity index (χ0v) is 12.8. The monoisotopic (exact) mass is 308 g/mol. The molecule has 0 aliphatic carbocycles. The molecule has 1 aromatic rings. The molecule has 1 aliphatic heterocycles. The van der Waals surface area contributed by atoms with Crippen LogP contribution in [0.5, 0.6) is 5.75 Å². The summed E-state index contributed by atoms with van der Waals surface area (Å²) in [5.74, 6) is -0.0685. The second kappa shape index (κ2) is 7.13. The van der Waals surface area contributed by atoms with Crippen molar-refractivity contribution in [1.29, 1.82) is 0 Å². The Labute approximate surface area is 129 Å². The number of methoxy groups -OCH3 is 1. The van der Waals surface area contributed by atoms with Gasteiger partial charge < -0.3 is 19.6 Å². The molecule has 1 saturated heterocycles. The number of imide groups is 1. The van der Waals surface area contributed by atoms with Gasteiger partial charge in [0.1, 0.15) is 5.75 Å². The maximum absolute atomic E-state index is 11.9. The molecule has 2 rings (SSSR count). The van der Waals surface area contributed by atoms with Crippen molar-refractivity contribution in [2.75, 3.05) is 38.2 Å². The highest BCUT2D eigenvalue weighted by Gasteiger charge is 2.30. The van der Waals surface area contributed by atoms with E-state index in [9.17, 15) is 14.7 Å². The van der Waals surface area contributed by atoms with Crippen LogP contribution in [0.4, 0.5) is 10.5 Å². The van der Waals surface area contributed by atoms with Gasteiger partial charge in [-0.15, -0.1) is 0 Å². The summed E-state index contributed by atoms with van der Waals surface area (Å²) in [6.45, 7) is 5.04. The fourth-order valence-corrected chi connectivity index (χ4v) is 2.59. The van der Waals surface area contributed by atoms with Crippen molar-refractivity contribution in [3.63, 3.8) is 0 Å². The number of alkyl carbamates (subject to hydrolysis) is 1. The maximum Gasteiger partial charge on any atom is 0.413 e. The van der Waals surface area contributed by atoms with Gasteiger partial charge in [-0.25, -0.2) is 4.79 Å². The summed E-state index contributed by atoms with van der Waals surface area (Å²) >= 11 is 0. The predicted octanol–water partition coefficient (Wildman–Crippen LogP) is -0.632. The van der Waals surface area contributed by atoms with Crippen LogP contribution in [-0.4, -0.2) is 56.4 Å². The molecular weight excluding hydrogens is 286 g/mol. The zero-order chi connectivity index (χ0) is 16.1. The fourth-order valence-electron chi connectivity index (χ4n) is 2.59. The number of phenolic OH excluding ortho intramolecular Hbond substituents is 1. The van der Waals surface area contributed by atoms with E-state index in [0.29, 0.717) is 0 Å². The summed E-state index contributed by atoms with van der Waals surface area (Å²) in [5.41, 5.74) is 1.06. The van der Waals surface area contributed by atoms with Gasteiger partial charge in [-0.05, 0) is 31.2 Å². The van der Waals surface area contributed by atoms with Crippen LogP contribution in [0.15, 0.2) is 24.3 Å². The Kier molecular flexibility index (Phi) is 5.21. The minimum Gasteiger partial charge on any atom is -0.508 e. The van der Waals surface area contributed by atoms with Crippen LogP contribution < -0.4 is 15.1 Å². The Morgan fingerprint density at radius 2 is 1.86 bits per heavy atom. The molecular formula is C15H22N3O4+. The van der Waals surface area contributed by atoms with Gasteiger partial charge in [-0.3, -0.25) is 10.1 Å². The second-order valence-electron chi connectivity index (χ2n) is 5.36. The highest BCUT2D eigenvalue weighted by Crippen LogP contribution is 2.18. The fraction of sp³-hybridized carbons (Fsp3) is 0.467. The molecule has 1 heterocycles. The molecule has 0 unspecified atom stereocenters. The number of amides is 2. The third kappa shape index (κ3) is 3.88. The number of rotatable bonds is 3. The number of piperazine rings is 1. The van der Waals surface area contributed by atoms with Crippen LogP contribution in [0.1, 0.15) is 6.92 Å². The Bertz CT molecular complexity index is 524. The lowest BCUT2D eigenvalue weighted by Gasteiger charge is -2.35. The van der Waals surface area contributed by atoms with Crippen molar-refractivity contribution in [2.45, 2.75) is 13.0 Å². The number of benzene rings is 1. The summed E-state index contributed by atoms with van der Waals surface area (Å²) < 4.78 is 4.43. The van der Waals surface area contributed by atoms with Crippen molar-refractivity contribution < 1.29 is 24.3 Å². The Morgan fingerprint density at radius 1 is 1.27 bits per heavy atom. The Morgan fingerprint density at radius 3 is 2.41 bits per heavy atom. The second-order valence-corrected chi connectivity index (χ2v) is 5.36. The molecule has 0 aromatic heterocycles. The van der Waals surface area contributed by atoms with Crippen LogP contribution in [0.2, 0.25) is 0 Å². The normalized spacial score (nSPS) is 16.9.